The fourth-order valence-electron chi connectivity index (χ4n) is 3.98. The molecule has 1 aromatic carbocycles. The maximum absolute atomic E-state index is 11.1. The number of aromatic nitrogens is 3. The number of carbonyl (C=O) groups is 1. The van der Waals surface area contributed by atoms with Crippen molar-refractivity contribution >= 4 is 23.6 Å². The van der Waals surface area contributed by atoms with E-state index in [1.165, 1.54) is 11.3 Å². The molecule has 1 N–H and O–H groups in total. The van der Waals surface area contributed by atoms with Crippen molar-refractivity contribution in [3.8, 4) is 0 Å². The first-order valence-electron chi connectivity index (χ1n) is 9.84. The van der Waals surface area contributed by atoms with Crippen molar-refractivity contribution in [1.29, 1.82) is 0 Å². The first kappa shape index (κ1) is 18.5. The summed E-state index contributed by atoms with van der Waals surface area (Å²) >= 11 is 0. The van der Waals surface area contributed by atoms with E-state index in [0.29, 0.717) is 37.8 Å². The van der Waals surface area contributed by atoms with Crippen LogP contribution in [-0.4, -0.2) is 65.3 Å². The maximum Gasteiger partial charge on any atom is 0.306 e. The van der Waals surface area contributed by atoms with Crippen LogP contribution in [0.3, 0.4) is 0 Å². The molecule has 0 radical (unpaired) electrons. The lowest BCUT2D eigenvalue weighted by atomic mass is 9.97. The molecular formula is C20H26N6O2. The summed E-state index contributed by atoms with van der Waals surface area (Å²) in [6.07, 6.45) is 2.82. The summed E-state index contributed by atoms with van der Waals surface area (Å²) in [5.41, 5.74) is 2.59. The van der Waals surface area contributed by atoms with E-state index in [2.05, 4.69) is 60.8 Å². The highest BCUT2D eigenvalue weighted by Crippen LogP contribution is 2.24. The van der Waals surface area contributed by atoms with Crippen molar-refractivity contribution in [1.82, 2.24) is 15.0 Å². The molecule has 3 heterocycles. The number of nitrogens with zero attached hydrogens (tertiary/aromatic N) is 6. The van der Waals surface area contributed by atoms with Crippen LogP contribution in [0, 0.1) is 12.8 Å². The lowest BCUT2D eigenvalue weighted by Gasteiger charge is -2.37. The summed E-state index contributed by atoms with van der Waals surface area (Å²) in [5.74, 6) is 0.388. The second-order valence-corrected chi connectivity index (χ2v) is 7.45. The van der Waals surface area contributed by atoms with Gasteiger partial charge in [0.15, 0.2) is 0 Å². The van der Waals surface area contributed by atoms with Crippen LogP contribution >= 0.6 is 0 Å². The van der Waals surface area contributed by atoms with E-state index in [0.717, 1.165) is 26.2 Å². The number of anilines is 3. The lowest BCUT2D eigenvalue weighted by Crippen LogP contribution is -2.47. The molecule has 28 heavy (non-hydrogen) atoms. The number of piperazine rings is 1. The first-order valence-corrected chi connectivity index (χ1v) is 9.84. The quantitative estimate of drug-likeness (QED) is 0.857. The molecule has 2 aliphatic heterocycles. The number of rotatable bonds is 4. The zero-order valence-corrected chi connectivity index (χ0v) is 16.2. The summed E-state index contributed by atoms with van der Waals surface area (Å²) in [7, 11) is 0. The molecule has 2 saturated heterocycles. The summed E-state index contributed by atoms with van der Waals surface area (Å²) in [5, 5.41) is 9.16. The van der Waals surface area contributed by atoms with E-state index >= 15 is 0 Å². The number of carboxylic acid groups (broad SMARTS) is 1. The highest BCUT2D eigenvalue weighted by Gasteiger charge is 2.27. The van der Waals surface area contributed by atoms with E-state index in [9.17, 15) is 4.79 Å². The summed E-state index contributed by atoms with van der Waals surface area (Å²) in [6, 6.07) is 8.47. The van der Waals surface area contributed by atoms with Crippen LogP contribution < -0.4 is 14.7 Å². The molecule has 2 aromatic rings. The van der Waals surface area contributed by atoms with Gasteiger partial charge in [0.05, 0.1) is 5.92 Å². The number of para-hydroxylation sites is 1. The third-order valence-electron chi connectivity index (χ3n) is 5.69. The van der Waals surface area contributed by atoms with Gasteiger partial charge in [-0.2, -0.15) is 4.98 Å². The molecule has 4 rings (SSSR count). The minimum absolute atomic E-state index is 0.257. The van der Waals surface area contributed by atoms with E-state index < -0.39 is 5.97 Å². The van der Waals surface area contributed by atoms with Crippen LogP contribution in [-0.2, 0) is 4.79 Å². The van der Waals surface area contributed by atoms with Crippen molar-refractivity contribution in [3.05, 3.63) is 36.2 Å². The Balaban J connectivity index is 1.39. The van der Waals surface area contributed by atoms with Gasteiger partial charge in [0, 0.05) is 45.0 Å². The third-order valence-corrected chi connectivity index (χ3v) is 5.69. The molecule has 2 aliphatic rings. The predicted octanol–water partition coefficient (Wildman–Crippen LogP) is 1.81. The minimum Gasteiger partial charge on any atom is -0.481 e. The number of carboxylic acids is 1. The van der Waals surface area contributed by atoms with Crippen LogP contribution in [0.1, 0.15) is 18.4 Å². The Morgan fingerprint density at radius 3 is 2.11 bits per heavy atom. The Labute approximate surface area is 164 Å². The average molecular weight is 382 g/mol. The molecule has 2 fully saturated rings. The molecule has 0 atom stereocenters. The number of aliphatic carboxylic acids is 1. The third kappa shape index (κ3) is 3.85. The van der Waals surface area contributed by atoms with Gasteiger partial charge in [-0.15, -0.1) is 0 Å². The van der Waals surface area contributed by atoms with Crippen molar-refractivity contribution in [3.63, 3.8) is 0 Å². The topological polar surface area (TPSA) is 85.7 Å². The van der Waals surface area contributed by atoms with Crippen molar-refractivity contribution in [2.45, 2.75) is 19.8 Å². The number of benzene rings is 1. The smallest absolute Gasteiger partial charge is 0.306 e. The standard InChI is InChI=1S/C20H26N6O2/c1-15-4-2-3-5-17(15)24-10-12-26(13-11-24)20-22-14-21-19(23-20)25-8-6-16(7-9-25)18(27)28/h2-5,14,16H,6-13H2,1H3,(H,27,28). The molecule has 0 bridgehead atoms. The van der Waals surface area contributed by atoms with E-state index in [1.807, 2.05) is 0 Å². The van der Waals surface area contributed by atoms with Gasteiger partial charge < -0.3 is 19.8 Å². The molecule has 1 aromatic heterocycles. The number of hydrogen-bond donors (Lipinski definition) is 1. The number of hydrogen-bond acceptors (Lipinski definition) is 7. The molecule has 0 amide bonds. The Hall–Kier alpha value is -2.90. The number of piperidine rings is 1. The second-order valence-electron chi connectivity index (χ2n) is 7.45. The molecule has 148 valence electrons. The molecular weight excluding hydrogens is 356 g/mol. The highest BCUT2D eigenvalue weighted by atomic mass is 16.4. The molecule has 0 aliphatic carbocycles. The molecule has 0 spiro atoms. The van der Waals surface area contributed by atoms with Gasteiger partial charge in [-0.25, -0.2) is 9.97 Å². The van der Waals surface area contributed by atoms with E-state index in [1.54, 1.807) is 6.33 Å². The zero-order valence-electron chi connectivity index (χ0n) is 16.2. The fraction of sp³-hybridized carbons (Fsp3) is 0.500. The van der Waals surface area contributed by atoms with Crippen LogP contribution in [0.5, 0.6) is 0 Å². The normalized spacial score (nSPS) is 18.4. The summed E-state index contributed by atoms with van der Waals surface area (Å²) in [6.45, 7) is 7.06. The Morgan fingerprint density at radius 2 is 1.50 bits per heavy atom. The Morgan fingerprint density at radius 1 is 0.929 bits per heavy atom. The number of aryl methyl sites for hydroxylation is 1. The van der Waals surface area contributed by atoms with Gasteiger partial charge in [-0.05, 0) is 31.4 Å². The van der Waals surface area contributed by atoms with Crippen LogP contribution in [0.2, 0.25) is 0 Å². The monoisotopic (exact) mass is 382 g/mol. The van der Waals surface area contributed by atoms with Crippen molar-refractivity contribution in [2.75, 3.05) is 54.0 Å². The maximum atomic E-state index is 11.1. The van der Waals surface area contributed by atoms with Crippen molar-refractivity contribution < 1.29 is 9.90 Å². The van der Waals surface area contributed by atoms with Crippen LogP contribution in [0.25, 0.3) is 0 Å². The predicted molar refractivity (Wildman–Crippen MR) is 108 cm³/mol. The lowest BCUT2D eigenvalue weighted by molar-refractivity contribution is -0.142. The molecule has 8 heteroatoms. The van der Waals surface area contributed by atoms with Gasteiger partial charge in [0.2, 0.25) is 11.9 Å². The van der Waals surface area contributed by atoms with Crippen LogP contribution in [0.15, 0.2) is 30.6 Å². The summed E-state index contributed by atoms with van der Waals surface area (Å²) in [4.78, 5) is 31.2. The Kier molecular flexibility index (Phi) is 5.27. The molecule has 0 saturated carbocycles. The van der Waals surface area contributed by atoms with Gasteiger partial charge in [-0.1, -0.05) is 18.2 Å². The van der Waals surface area contributed by atoms with E-state index in [-0.39, 0.29) is 5.92 Å². The van der Waals surface area contributed by atoms with Crippen LogP contribution in [0.4, 0.5) is 17.6 Å². The van der Waals surface area contributed by atoms with E-state index in [4.69, 9.17) is 5.11 Å². The minimum atomic E-state index is -0.706. The van der Waals surface area contributed by atoms with Gasteiger partial charge in [0.1, 0.15) is 6.33 Å². The second kappa shape index (κ2) is 8.00. The largest absolute Gasteiger partial charge is 0.481 e. The summed E-state index contributed by atoms with van der Waals surface area (Å²) < 4.78 is 0. The highest BCUT2D eigenvalue weighted by molar-refractivity contribution is 5.70. The van der Waals surface area contributed by atoms with Crippen molar-refractivity contribution in [2.24, 2.45) is 5.92 Å². The zero-order chi connectivity index (χ0) is 19.5. The van der Waals surface area contributed by atoms with Gasteiger partial charge in [0.25, 0.3) is 0 Å². The van der Waals surface area contributed by atoms with Gasteiger partial charge in [-0.3, -0.25) is 4.79 Å². The molecule has 8 nitrogen and oxygen atoms in total. The van der Waals surface area contributed by atoms with Gasteiger partial charge >= 0.3 is 5.97 Å². The average Bonchev–Trinajstić information content (AvgIpc) is 2.74. The first-order chi connectivity index (χ1) is 13.6. The fourth-order valence-corrected chi connectivity index (χ4v) is 3.98. The SMILES string of the molecule is Cc1ccccc1N1CCN(c2ncnc(N3CCC(C(=O)O)CC3)n2)CC1. The Bertz CT molecular complexity index is 829. The molecule has 0 unspecified atom stereocenters.